The zero-order valence-corrected chi connectivity index (χ0v) is 13.6. The Morgan fingerprint density at radius 3 is 2.52 bits per heavy atom. The summed E-state index contributed by atoms with van der Waals surface area (Å²) in [7, 11) is 0. The van der Waals surface area contributed by atoms with Crippen molar-refractivity contribution < 1.29 is 8.78 Å². The highest BCUT2D eigenvalue weighted by atomic mass is 79.9. The third kappa shape index (κ3) is 4.47. The van der Waals surface area contributed by atoms with E-state index in [1.54, 1.807) is 12.1 Å². The molecule has 0 amide bonds. The van der Waals surface area contributed by atoms with Crippen LogP contribution in [-0.4, -0.2) is 5.11 Å². The highest BCUT2D eigenvalue weighted by Crippen LogP contribution is 2.22. The summed E-state index contributed by atoms with van der Waals surface area (Å²) in [5, 5.41) is 6.33. The first-order valence-corrected chi connectivity index (χ1v) is 7.41. The van der Waals surface area contributed by atoms with Crippen LogP contribution in [-0.2, 0) is 6.54 Å². The maximum absolute atomic E-state index is 13.2. The maximum Gasteiger partial charge on any atom is 0.171 e. The largest absolute Gasteiger partial charge is 0.358 e. The van der Waals surface area contributed by atoms with E-state index in [1.807, 2.05) is 6.92 Å². The highest BCUT2D eigenvalue weighted by molar-refractivity contribution is 9.10. The first-order chi connectivity index (χ1) is 9.95. The maximum atomic E-state index is 13.2. The highest BCUT2D eigenvalue weighted by Gasteiger charge is 2.05. The number of rotatable bonds is 3. The van der Waals surface area contributed by atoms with E-state index in [1.165, 1.54) is 24.3 Å². The Morgan fingerprint density at radius 1 is 1.14 bits per heavy atom. The van der Waals surface area contributed by atoms with Gasteiger partial charge in [-0.1, -0.05) is 6.07 Å². The van der Waals surface area contributed by atoms with Crippen molar-refractivity contribution in [3.63, 3.8) is 0 Å². The van der Waals surface area contributed by atoms with E-state index in [0.717, 1.165) is 11.1 Å². The van der Waals surface area contributed by atoms with Crippen LogP contribution in [0.1, 0.15) is 11.1 Å². The minimum absolute atomic E-state index is 0.280. The average molecular weight is 371 g/mol. The van der Waals surface area contributed by atoms with Gasteiger partial charge in [0.1, 0.15) is 11.6 Å². The Kier molecular flexibility index (Phi) is 5.25. The summed E-state index contributed by atoms with van der Waals surface area (Å²) in [6.07, 6.45) is 0. The van der Waals surface area contributed by atoms with Crippen molar-refractivity contribution in [1.29, 1.82) is 0 Å². The van der Waals surface area contributed by atoms with Crippen molar-refractivity contribution >= 4 is 38.9 Å². The monoisotopic (exact) mass is 370 g/mol. The first kappa shape index (κ1) is 15.9. The van der Waals surface area contributed by atoms with Crippen LogP contribution < -0.4 is 10.6 Å². The molecule has 0 fully saturated rings. The molecule has 0 aromatic heterocycles. The molecule has 0 aliphatic carbocycles. The molecule has 0 saturated heterocycles. The Bertz CT molecular complexity index is 677. The van der Waals surface area contributed by atoms with Gasteiger partial charge in [-0.15, -0.1) is 0 Å². The third-order valence-corrected chi connectivity index (χ3v) is 3.83. The molecule has 0 heterocycles. The number of anilines is 1. The van der Waals surface area contributed by atoms with E-state index < -0.39 is 0 Å². The second-order valence-corrected chi connectivity index (χ2v) is 5.77. The lowest BCUT2D eigenvalue weighted by Gasteiger charge is -2.13. The average Bonchev–Trinajstić information content (AvgIpc) is 2.43. The van der Waals surface area contributed by atoms with Crippen LogP contribution in [0.15, 0.2) is 40.9 Å². The van der Waals surface area contributed by atoms with Gasteiger partial charge in [0, 0.05) is 11.0 Å². The number of hydrogen-bond acceptors (Lipinski definition) is 1. The smallest absolute Gasteiger partial charge is 0.171 e. The van der Waals surface area contributed by atoms with Crippen molar-refractivity contribution in [3.05, 3.63) is 63.6 Å². The summed E-state index contributed by atoms with van der Waals surface area (Å²) in [6, 6.07) is 8.89. The fourth-order valence-electron chi connectivity index (χ4n) is 1.76. The van der Waals surface area contributed by atoms with Crippen LogP contribution in [0.4, 0.5) is 14.5 Å². The number of hydrogen-bond donors (Lipinski definition) is 2. The van der Waals surface area contributed by atoms with Gasteiger partial charge in [-0.25, -0.2) is 8.78 Å². The zero-order valence-electron chi connectivity index (χ0n) is 11.2. The minimum atomic E-state index is -0.332. The van der Waals surface area contributed by atoms with Crippen LogP contribution in [0, 0.1) is 18.6 Å². The summed E-state index contributed by atoms with van der Waals surface area (Å²) in [4.78, 5) is 0. The summed E-state index contributed by atoms with van der Waals surface area (Å²) in [5.41, 5.74) is 2.47. The quantitative estimate of drug-likeness (QED) is 0.776. The van der Waals surface area contributed by atoms with Crippen molar-refractivity contribution in [1.82, 2.24) is 5.32 Å². The van der Waals surface area contributed by atoms with Crippen molar-refractivity contribution in [3.8, 4) is 0 Å². The van der Waals surface area contributed by atoms with Crippen molar-refractivity contribution in [2.75, 3.05) is 5.32 Å². The molecular formula is C15H13BrF2N2S. The van der Waals surface area contributed by atoms with E-state index in [0.29, 0.717) is 21.8 Å². The molecule has 110 valence electrons. The van der Waals surface area contributed by atoms with Gasteiger partial charge >= 0.3 is 0 Å². The van der Waals surface area contributed by atoms with E-state index in [2.05, 4.69) is 26.6 Å². The van der Waals surface area contributed by atoms with Gasteiger partial charge in [-0.05, 0) is 76.5 Å². The van der Waals surface area contributed by atoms with Crippen LogP contribution in [0.25, 0.3) is 0 Å². The molecule has 21 heavy (non-hydrogen) atoms. The Hall–Kier alpha value is -1.53. The molecular weight excluding hydrogens is 358 g/mol. The lowest BCUT2D eigenvalue weighted by Crippen LogP contribution is -2.28. The third-order valence-electron chi connectivity index (χ3n) is 2.93. The molecule has 0 atom stereocenters. The molecule has 0 aliphatic rings. The molecule has 0 unspecified atom stereocenters. The Balaban J connectivity index is 1.97. The summed E-state index contributed by atoms with van der Waals surface area (Å²) in [6.45, 7) is 2.32. The lowest BCUT2D eigenvalue weighted by molar-refractivity contribution is 0.624. The van der Waals surface area contributed by atoms with Crippen LogP contribution >= 0.6 is 28.1 Å². The SMILES string of the molecule is Cc1ccc(F)cc1CNC(=S)Nc1ccc(F)cc1Br. The zero-order chi connectivity index (χ0) is 15.4. The lowest BCUT2D eigenvalue weighted by atomic mass is 10.1. The summed E-state index contributed by atoms with van der Waals surface area (Å²) in [5.74, 6) is -0.612. The fraction of sp³-hybridized carbons (Fsp3) is 0.133. The number of halogens is 3. The van der Waals surface area contributed by atoms with Crippen LogP contribution in [0.2, 0.25) is 0 Å². The molecule has 2 N–H and O–H groups in total. The fourth-order valence-corrected chi connectivity index (χ4v) is 2.40. The summed E-state index contributed by atoms with van der Waals surface area (Å²) >= 11 is 8.43. The number of aryl methyl sites for hydroxylation is 1. The first-order valence-electron chi connectivity index (χ1n) is 6.20. The van der Waals surface area contributed by atoms with E-state index in [4.69, 9.17) is 12.2 Å². The number of benzene rings is 2. The van der Waals surface area contributed by atoms with Gasteiger partial charge in [-0.2, -0.15) is 0 Å². The van der Waals surface area contributed by atoms with Gasteiger partial charge in [-0.3, -0.25) is 0 Å². The second kappa shape index (κ2) is 6.95. The van der Waals surface area contributed by atoms with Gasteiger partial charge in [0.25, 0.3) is 0 Å². The van der Waals surface area contributed by atoms with E-state index in [-0.39, 0.29) is 11.6 Å². The van der Waals surface area contributed by atoms with Crippen LogP contribution in [0.5, 0.6) is 0 Å². The molecule has 0 aliphatic heterocycles. The molecule has 0 saturated carbocycles. The molecule has 2 rings (SSSR count). The number of thiocarbonyl (C=S) groups is 1. The molecule has 6 heteroatoms. The normalized spacial score (nSPS) is 10.3. The standard InChI is InChI=1S/C15H13BrF2N2S/c1-9-2-3-11(17)6-10(9)8-19-15(21)20-14-5-4-12(18)7-13(14)16/h2-7H,8H2,1H3,(H2,19,20,21). The molecule has 0 radical (unpaired) electrons. The predicted molar refractivity (Wildman–Crippen MR) is 88.3 cm³/mol. The van der Waals surface area contributed by atoms with E-state index in [9.17, 15) is 8.78 Å². The van der Waals surface area contributed by atoms with Gasteiger partial charge in [0.05, 0.1) is 5.69 Å². The molecule has 2 nitrogen and oxygen atoms in total. The molecule has 2 aromatic carbocycles. The van der Waals surface area contributed by atoms with E-state index >= 15 is 0 Å². The number of nitrogens with one attached hydrogen (secondary N) is 2. The van der Waals surface area contributed by atoms with Gasteiger partial charge in [0.2, 0.25) is 0 Å². The van der Waals surface area contributed by atoms with Gasteiger partial charge < -0.3 is 10.6 Å². The minimum Gasteiger partial charge on any atom is -0.358 e. The topological polar surface area (TPSA) is 24.1 Å². The van der Waals surface area contributed by atoms with Crippen LogP contribution in [0.3, 0.4) is 0 Å². The van der Waals surface area contributed by atoms with Crippen molar-refractivity contribution in [2.24, 2.45) is 0 Å². The molecule has 2 aromatic rings. The molecule has 0 spiro atoms. The Morgan fingerprint density at radius 2 is 1.81 bits per heavy atom. The summed E-state index contributed by atoms with van der Waals surface area (Å²) < 4.78 is 26.8. The van der Waals surface area contributed by atoms with Crippen molar-refractivity contribution in [2.45, 2.75) is 13.5 Å². The van der Waals surface area contributed by atoms with Gasteiger partial charge in [0.15, 0.2) is 5.11 Å². The molecule has 0 bridgehead atoms. The predicted octanol–water partition coefficient (Wildman–Crippen LogP) is 4.52. The Labute approximate surface area is 135 Å². The second-order valence-electron chi connectivity index (χ2n) is 4.50.